The van der Waals surface area contributed by atoms with Crippen molar-refractivity contribution in [3.05, 3.63) is 34.6 Å². The van der Waals surface area contributed by atoms with Gasteiger partial charge < -0.3 is 10.1 Å². The first-order valence-electron chi connectivity index (χ1n) is 10.1. The van der Waals surface area contributed by atoms with Gasteiger partial charge in [0.2, 0.25) is 5.91 Å². The van der Waals surface area contributed by atoms with Crippen molar-refractivity contribution in [2.45, 2.75) is 50.4 Å². The minimum atomic E-state index is -0.0583. The molecule has 1 amide bonds. The maximum absolute atomic E-state index is 13.2. The van der Waals surface area contributed by atoms with E-state index in [0.717, 1.165) is 47.9 Å². The fraction of sp³-hybridized carbons (Fsp3) is 0.476. The predicted molar refractivity (Wildman–Crippen MR) is 119 cm³/mol. The standard InChI is InChI=1S/C21H25N3O3S2/c1-2-3-10-24-20(26)19-18(15-8-4-5-9-16(15)29-19)23-21(24)28-13-17(25)22-12-14-7-6-11-27-14/h4-5,8-9,14H,2-3,6-7,10-13H2,1H3,(H,22,25)/t14-/m0/s1. The Morgan fingerprint density at radius 3 is 3.07 bits per heavy atom. The summed E-state index contributed by atoms with van der Waals surface area (Å²) in [5.41, 5.74) is 0.734. The van der Waals surface area contributed by atoms with Gasteiger partial charge in [0.05, 0.1) is 17.4 Å². The van der Waals surface area contributed by atoms with Crippen molar-refractivity contribution >= 4 is 49.3 Å². The zero-order chi connectivity index (χ0) is 20.2. The van der Waals surface area contributed by atoms with Crippen molar-refractivity contribution in [2.75, 3.05) is 18.9 Å². The topological polar surface area (TPSA) is 73.2 Å². The first-order valence-corrected chi connectivity index (χ1v) is 11.9. The average Bonchev–Trinajstić information content (AvgIpc) is 3.38. The van der Waals surface area contributed by atoms with Crippen LogP contribution in [0.1, 0.15) is 32.6 Å². The number of nitrogens with one attached hydrogen (secondary N) is 1. The molecule has 154 valence electrons. The van der Waals surface area contributed by atoms with Gasteiger partial charge in [-0.2, -0.15) is 0 Å². The molecule has 1 aliphatic heterocycles. The van der Waals surface area contributed by atoms with E-state index >= 15 is 0 Å². The second-order valence-corrected chi connectivity index (χ2v) is 9.20. The molecule has 3 heterocycles. The van der Waals surface area contributed by atoms with Gasteiger partial charge in [0.15, 0.2) is 5.16 Å². The first-order chi connectivity index (χ1) is 14.2. The summed E-state index contributed by atoms with van der Waals surface area (Å²) in [7, 11) is 0. The highest BCUT2D eigenvalue weighted by Crippen LogP contribution is 2.31. The Kier molecular flexibility index (Phi) is 6.52. The summed E-state index contributed by atoms with van der Waals surface area (Å²) in [6, 6.07) is 7.95. The van der Waals surface area contributed by atoms with E-state index < -0.39 is 0 Å². The Hall–Kier alpha value is -1.90. The van der Waals surface area contributed by atoms with Crippen LogP contribution in [0, 0.1) is 0 Å². The highest BCUT2D eigenvalue weighted by atomic mass is 32.2. The maximum atomic E-state index is 13.2. The summed E-state index contributed by atoms with van der Waals surface area (Å²) >= 11 is 2.83. The van der Waals surface area contributed by atoms with Crippen molar-refractivity contribution in [1.29, 1.82) is 0 Å². The number of rotatable bonds is 8. The Balaban J connectivity index is 1.58. The van der Waals surface area contributed by atoms with E-state index in [1.165, 1.54) is 23.1 Å². The van der Waals surface area contributed by atoms with Crippen LogP contribution < -0.4 is 10.9 Å². The lowest BCUT2D eigenvalue weighted by atomic mass is 10.2. The SMILES string of the molecule is CCCCn1c(SCC(=O)NC[C@@H]2CCCO2)nc2c(sc3ccccc32)c1=O. The Bertz CT molecular complexity index is 1070. The van der Waals surface area contributed by atoms with Crippen LogP contribution in [0.5, 0.6) is 0 Å². The molecular weight excluding hydrogens is 406 g/mol. The third-order valence-corrected chi connectivity index (χ3v) is 7.19. The molecule has 1 aliphatic rings. The number of carbonyl (C=O) groups is 1. The molecule has 0 radical (unpaired) electrons. The molecular formula is C21H25N3O3S2. The highest BCUT2D eigenvalue weighted by Gasteiger charge is 2.18. The zero-order valence-corrected chi connectivity index (χ0v) is 18.1. The highest BCUT2D eigenvalue weighted by molar-refractivity contribution is 7.99. The summed E-state index contributed by atoms with van der Waals surface area (Å²) in [6.07, 6.45) is 4.06. The molecule has 3 aromatic rings. The molecule has 2 aromatic heterocycles. The molecule has 1 saturated heterocycles. The number of benzene rings is 1. The van der Waals surface area contributed by atoms with Gasteiger partial charge in [0.25, 0.3) is 5.56 Å². The van der Waals surface area contributed by atoms with E-state index in [9.17, 15) is 9.59 Å². The largest absolute Gasteiger partial charge is 0.376 e. The number of aromatic nitrogens is 2. The monoisotopic (exact) mass is 431 g/mol. The zero-order valence-electron chi connectivity index (χ0n) is 16.5. The summed E-state index contributed by atoms with van der Waals surface area (Å²) in [5, 5.41) is 4.55. The molecule has 0 aliphatic carbocycles. The van der Waals surface area contributed by atoms with Gasteiger partial charge in [0, 0.05) is 29.8 Å². The normalized spacial score (nSPS) is 16.7. The lowest BCUT2D eigenvalue weighted by Gasteiger charge is -2.13. The van der Waals surface area contributed by atoms with Crippen LogP contribution in [0.2, 0.25) is 0 Å². The number of unbranched alkanes of at least 4 members (excludes halogenated alkanes) is 1. The van der Waals surface area contributed by atoms with Crippen LogP contribution in [0.4, 0.5) is 0 Å². The van der Waals surface area contributed by atoms with Crippen LogP contribution in [0.15, 0.2) is 34.2 Å². The first kappa shape index (κ1) is 20.4. The van der Waals surface area contributed by atoms with Crippen LogP contribution >= 0.6 is 23.1 Å². The van der Waals surface area contributed by atoms with E-state index in [4.69, 9.17) is 9.72 Å². The summed E-state index contributed by atoms with van der Waals surface area (Å²) in [4.78, 5) is 30.3. The van der Waals surface area contributed by atoms with Crippen molar-refractivity contribution in [3.8, 4) is 0 Å². The molecule has 0 bridgehead atoms. The number of thioether (sulfide) groups is 1. The van der Waals surface area contributed by atoms with Crippen molar-refractivity contribution < 1.29 is 9.53 Å². The van der Waals surface area contributed by atoms with E-state index in [2.05, 4.69) is 12.2 Å². The third kappa shape index (κ3) is 4.49. The van der Waals surface area contributed by atoms with Gasteiger partial charge in [-0.05, 0) is 25.3 Å². The number of nitrogens with zero attached hydrogens (tertiary/aromatic N) is 2. The van der Waals surface area contributed by atoms with Crippen molar-refractivity contribution in [3.63, 3.8) is 0 Å². The number of carbonyl (C=O) groups excluding carboxylic acids is 1. The number of amides is 1. The second kappa shape index (κ2) is 9.28. The fourth-order valence-electron chi connectivity index (χ4n) is 3.49. The summed E-state index contributed by atoms with van der Waals surface area (Å²) in [5.74, 6) is 0.177. The predicted octanol–water partition coefficient (Wildman–Crippen LogP) is 3.80. The van der Waals surface area contributed by atoms with Gasteiger partial charge in [-0.15, -0.1) is 11.3 Å². The number of hydrogen-bond acceptors (Lipinski definition) is 6. The smallest absolute Gasteiger partial charge is 0.272 e. The summed E-state index contributed by atoms with van der Waals surface area (Å²) < 4.78 is 9.03. The van der Waals surface area contributed by atoms with E-state index in [1.54, 1.807) is 4.57 Å². The van der Waals surface area contributed by atoms with E-state index in [1.807, 2.05) is 24.3 Å². The van der Waals surface area contributed by atoms with Crippen LogP contribution in [0.25, 0.3) is 20.3 Å². The molecule has 0 saturated carbocycles. The molecule has 29 heavy (non-hydrogen) atoms. The van der Waals surface area contributed by atoms with Crippen molar-refractivity contribution in [1.82, 2.24) is 14.9 Å². The lowest BCUT2D eigenvalue weighted by molar-refractivity contribution is -0.119. The van der Waals surface area contributed by atoms with Crippen LogP contribution in [-0.2, 0) is 16.1 Å². The molecule has 6 nitrogen and oxygen atoms in total. The van der Waals surface area contributed by atoms with E-state index in [-0.39, 0.29) is 23.3 Å². The molecule has 1 aromatic carbocycles. The number of ether oxygens (including phenoxy) is 1. The van der Waals surface area contributed by atoms with Crippen LogP contribution in [-0.4, -0.2) is 40.5 Å². The van der Waals surface area contributed by atoms with Gasteiger partial charge in [-0.1, -0.05) is 43.3 Å². The average molecular weight is 432 g/mol. The Labute approximate surface area is 177 Å². The number of thiophene rings is 1. The van der Waals surface area contributed by atoms with Gasteiger partial charge >= 0.3 is 0 Å². The van der Waals surface area contributed by atoms with E-state index in [0.29, 0.717) is 22.9 Å². The second-order valence-electron chi connectivity index (χ2n) is 7.21. The maximum Gasteiger partial charge on any atom is 0.272 e. The fourth-order valence-corrected chi connectivity index (χ4v) is 5.43. The van der Waals surface area contributed by atoms with Crippen molar-refractivity contribution in [2.24, 2.45) is 0 Å². The molecule has 8 heteroatoms. The minimum Gasteiger partial charge on any atom is -0.376 e. The minimum absolute atomic E-state index is 0.00749. The molecule has 0 unspecified atom stereocenters. The Morgan fingerprint density at radius 1 is 1.41 bits per heavy atom. The number of hydrogen-bond donors (Lipinski definition) is 1. The quantitative estimate of drug-likeness (QED) is 0.434. The number of fused-ring (bicyclic) bond motifs is 3. The summed E-state index contributed by atoms with van der Waals surface area (Å²) in [6.45, 7) is 4.04. The molecule has 1 atom stereocenters. The van der Waals surface area contributed by atoms with Gasteiger partial charge in [-0.3, -0.25) is 14.2 Å². The Morgan fingerprint density at radius 2 is 2.28 bits per heavy atom. The lowest BCUT2D eigenvalue weighted by Crippen LogP contribution is -2.33. The molecule has 1 N–H and O–H groups in total. The van der Waals surface area contributed by atoms with Crippen LogP contribution in [0.3, 0.4) is 0 Å². The van der Waals surface area contributed by atoms with Gasteiger partial charge in [-0.25, -0.2) is 4.98 Å². The third-order valence-electron chi connectivity index (χ3n) is 5.07. The molecule has 1 fully saturated rings. The molecule has 4 rings (SSSR count). The van der Waals surface area contributed by atoms with Gasteiger partial charge in [0.1, 0.15) is 4.70 Å². The molecule has 0 spiro atoms.